The third-order valence-corrected chi connectivity index (χ3v) is 3.99. The minimum atomic E-state index is -0.153. The van der Waals surface area contributed by atoms with Gasteiger partial charge in [-0.3, -0.25) is 0 Å². The molecule has 4 heteroatoms. The lowest BCUT2D eigenvalue weighted by Gasteiger charge is -2.09. The number of rotatable bonds is 6. The zero-order valence-corrected chi connectivity index (χ0v) is 12.0. The third-order valence-electron chi connectivity index (χ3n) is 2.46. The Hall–Kier alpha value is -0.0600. The van der Waals surface area contributed by atoms with Crippen LogP contribution in [-0.4, -0.2) is 18.1 Å². The maximum Gasteiger partial charge on any atom is 0.128 e. The maximum atomic E-state index is 13.4. The fraction of sp³-hybridized carbons (Fsp3) is 0.500. The van der Waals surface area contributed by atoms with Crippen LogP contribution in [0.2, 0.25) is 0 Å². The molecule has 1 atom stereocenters. The standard InChI is InChI=1S/C12H17BrFNS/c1-9(16-2)5-6-15-8-10-3-4-11(13)7-12(10)14/h3-4,7,9,15H,5-6,8H2,1-2H3. The van der Waals surface area contributed by atoms with Crippen LogP contribution in [0.4, 0.5) is 4.39 Å². The number of thioether (sulfide) groups is 1. The van der Waals surface area contributed by atoms with Crippen LogP contribution in [0.25, 0.3) is 0 Å². The summed E-state index contributed by atoms with van der Waals surface area (Å²) in [4.78, 5) is 0. The number of hydrogen-bond donors (Lipinski definition) is 1. The summed E-state index contributed by atoms with van der Waals surface area (Å²) >= 11 is 5.10. The normalized spacial score (nSPS) is 12.8. The molecule has 0 aliphatic carbocycles. The first-order chi connectivity index (χ1) is 7.63. The van der Waals surface area contributed by atoms with Crippen molar-refractivity contribution in [2.75, 3.05) is 12.8 Å². The van der Waals surface area contributed by atoms with Crippen LogP contribution >= 0.6 is 27.7 Å². The lowest BCUT2D eigenvalue weighted by Crippen LogP contribution is -2.18. The Morgan fingerprint density at radius 3 is 2.88 bits per heavy atom. The van der Waals surface area contributed by atoms with E-state index < -0.39 is 0 Å². The van der Waals surface area contributed by atoms with Crippen LogP contribution < -0.4 is 5.32 Å². The van der Waals surface area contributed by atoms with Gasteiger partial charge in [0.2, 0.25) is 0 Å². The molecular weight excluding hydrogens is 289 g/mol. The van der Waals surface area contributed by atoms with Gasteiger partial charge in [-0.25, -0.2) is 4.39 Å². The van der Waals surface area contributed by atoms with Crippen molar-refractivity contribution in [3.8, 4) is 0 Å². The largest absolute Gasteiger partial charge is 0.313 e. The van der Waals surface area contributed by atoms with Gasteiger partial charge < -0.3 is 5.32 Å². The van der Waals surface area contributed by atoms with Gasteiger partial charge in [0.1, 0.15) is 5.82 Å². The summed E-state index contributed by atoms with van der Waals surface area (Å²) in [6, 6.07) is 5.18. The summed E-state index contributed by atoms with van der Waals surface area (Å²) in [6.45, 7) is 3.73. The highest BCUT2D eigenvalue weighted by molar-refractivity contribution is 9.10. The highest BCUT2D eigenvalue weighted by atomic mass is 79.9. The Morgan fingerprint density at radius 1 is 1.50 bits per heavy atom. The van der Waals surface area contributed by atoms with E-state index in [0.717, 1.165) is 23.0 Å². The van der Waals surface area contributed by atoms with Crippen molar-refractivity contribution >= 4 is 27.7 Å². The number of nitrogens with one attached hydrogen (secondary N) is 1. The molecule has 16 heavy (non-hydrogen) atoms. The van der Waals surface area contributed by atoms with Gasteiger partial charge >= 0.3 is 0 Å². The molecule has 0 spiro atoms. The molecule has 0 amide bonds. The van der Waals surface area contributed by atoms with E-state index in [-0.39, 0.29) is 5.82 Å². The van der Waals surface area contributed by atoms with Crippen LogP contribution in [0, 0.1) is 5.82 Å². The van der Waals surface area contributed by atoms with E-state index in [1.165, 1.54) is 6.07 Å². The van der Waals surface area contributed by atoms with E-state index in [2.05, 4.69) is 34.4 Å². The third kappa shape index (κ3) is 4.85. The van der Waals surface area contributed by atoms with Gasteiger partial charge in [0.15, 0.2) is 0 Å². The molecular formula is C12H17BrFNS. The van der Waals surface area contributed by atoms with Gasteiger partial charge in [0.25, 0.3) is 0 Å². The van der Waals surface area contributed by atoms with Gasteiger partial charge in [-0.1, -0.05) is 28.9 Å². The van der Waals surface area contributed by atoms with Gasteiger partial charge in [0, 0.05) is 21.8 Å². The first-order valence-electron chi connectivity index (χ1n) is 5.31. The number of halogens is 2. The zero-order valence-electron chi connectivity index (χ0n) is 9.59. The van der Waals surface area contributed by atoms with Crippen molar-refractivity contribution in [1.29, 1.82) is 0 Å². The molecule has 1 nitrogen and oxygen atoms in total. The van der Waals surface area contributed by atoms with E-state index in [0.29, 0.717) is 11.8 Å². The monoisotopic (exact) mass is 305 g/mol. The van der Waals surface area contributed by atoms with Crippen LogP contribution in [0.3, 0.4) is 0 Å². The quantitative estimate of drug-likeness (QED) is 0.802. The van der Waals surface area contributed by atoms with Gasteiger partial charge in [-0.15, -0.1) is 0 Å². The Kier molecular flexibility index (Phi) is 6.39. The molecule has 0 radical (unpaired) electrons. The highest BCUT2D eigenvalue weighted by Gasteiger charge is 2.03. The van der Waals surface area contributed by atoms with Crippen LogP contribution in [0.1, 0.15) is 18.9 Å². The van der Waals surface area contributed by atoms with Crippen LogP contribution in [0.5, 0.6) is 0 Å². The molecule has 0 saturated carbocycles. The minimum Gasteiger partial charge on any atom is -0.313 e. The predicted octanol–water partition coefficient (Wildman–Crippen LogP) is 3.82. The molecule has 1 rings (SSSR count). The summed E-state index contributed by atoms with van der Waals surface area (Å²) in [5.41, 5.74) is 0.722. The summed E-state index contributed by atoms with van der Waals surface area (Å²) in [5, 5.41) is 3.91. The molecule has 0 heterocycles. The summed E-state index contributed by atoms with van der Waals surface area (Å²) < 4.78 is 14.2. The summed E-state index contributed by atoms with van der Waals surface area (Å²) in [7, 11) is 0. The van der Waals surface area contributed by atoms with Gasteiger partial charge in [-0.2, -0.15) is 11.8 Å². The maximum absolute atomic E-state index is 13.4. The lowest BCUT2D eigenvalue weighted by molar-refractivity contribution is 0.581. The number of benzene rings is 1. The molecule has 0 bridgehead atoms. The Bertz CT molecular complexity index is 333. The topological polar surface area (TPSA) is 12.0 Å². The molecule has 0 aliphatic heterocycles. The molecule has 1 aromatic rings. The van der Waals surface area contributed by atoms with E-state index in [4.69, 9.17) is 0 Å². The smallest absolute Gasteiger partial charge is 0.128 e. The first kappa shape index (κ1) is 14.0. The van der Waals surface area contributed by atoms with E-state index in [1.807, 2.05) is 23.9 Å². The van der Waals surface area contributed by atoms with Crippen LogP contribution in [-0.2, 0) is 6.54 Å². The Labute approximate surface area is 109 Å². The predicted molar refractivity (Wildman–Crippen MR) is 73.4 cm³/mol. The fourth-order valence-corrected chi connectivity index (χ4v) is 2.00. The van der Waals surface area contributed by atoms with E-state index >= 15 is 0 Å². The second-order valence-electron chi connectivity index (χ2n) is 3.75. The van der Waals surface area contributed by atoms with Crippen molar-refractivity contribution < 1.29 is 4.39 Å². The molecule has 90 valence electrons. The molecule has 1 aromatic carbocycles. The Balaban J connectivity index is 2.32. The van der Waals surface area contributed by atoms with Crippen molar-refractivity contribution in [2.45, 2.75) is 25.1 Å². The first-order valence-corrected chi connectivity index (χ1v) is 7.39. The molecule has 0 fully saturated rings. The van der Waals surface area contributed by atoms with Crippen LogP contribution in [0.15, 0.2) is 22.7 Å². The fourth-order valence-electron chi connectivity index (χ4n) is 1.31. The Morgan fingerprint density at radius 2 is 2.25 bits per heavy atom. The van der Waals surface area contributed by atoms with Crippen molar-refractivity contribution in [1.82, 2.24) is 5.32 Å². The molecule has 0 aromatic heterocycles. The molecule has 1 unspecified atom stereocenters. The minimum absolute atomic E-state index is 0.153. The summed E-state index contributed by atoms with van der Waals surface area (Å²) in [5.74, 6) is -0.153. The summed E-state index contributed by atoms with van der Waals surface area (Å²) in [6.07, 6.45) is 3.22. The second kappa shape index (κ2) is 7.30. The second-order valence-corrected chi connectivity index (χ2v) is 5.94. The number of hydrogen-bond acceptors (Lipinski definition) is 2. The molecule has 0 saturated heterocycles. The molecule has 0 aliphatic rings. The average molecular weight is 306 g/mol. The van der Waals surface area contributed by atoms with Gasteiger partial charge in [-0.05, 0) is 31.4 Å². The van der Waals surface area contributed by atoms with E-state index in [9.17, 15) is 4.39 Å². The zero-order chi connectivity index (χ0) is 12.0. The van der Waals surface area contributed by atoms with Gasteiger partial charge in [0.05, 0.1) is 0 Å². The molecule has 1 N–H and O–H groups in total. The van der Waals surface area contributed by atoms with Crippen molar-refractivity contribution in [3.05, 3.63) is 34.1 Å². The van der Waals surface area contributed by atoms with Crippen molar-refractivity contribution in [2.24, 2.45) is 0 Å². The highest BCUT2D eigenvalue weighted by Crippen LogP contribution is 2.15. The average Bonchev–Trinajstić information content (AvgIpc) is 2.26. The van der Waals surface area contributed by atoms with Crippen molar-refractivity contribution in [3.63, 3.8) is 0 Å². The lowest BCUT2D eigenvalue weighted by atomic mass is 10.2. The SMILES string of the molecule is CSC(C)CCNCc1ccc(Br)cc1F. The van der Waals surface area contributed by atoms with E-state index in [1.54, 1.807) is 0 Å².